The highest BCUT2D eigenvalue weighted by atomic mass is 79.9. The number of benzene rings is 2. The lowest BCUT2D eigenvalue weighted by Crippen LogP contribution is -2.13. The van der Waals surface area contributed by atoms with Crippen molar-refractivity contribution in [3.8, 4) is 5.75 Å². The van der Waals surface area contributed by atoms with E-state index in [1.807, 2.05) is 6.07 Å². The van der Waals surface area contributed by atoms with Crippen LogP contribution in [0.25, 0.3) is 0 Å². The summed E-state index contributed by atoms with van der Waals surface area (Å²) >= 11 is 3.34. The molecule has 0 saturated carbocycles. The summed E-state index contributed by atoms with van der Waals surface area (Å²) in [7, 11) is 0.563. The number of rotatable bonds is 6. The Morgan fingerprint density at radius 3 is 2.22 bits per heavy atom. The maximum absolute atomic E-state index is 12.6. The van der Waals surface area contributed by atoms with Gasteiger partial charge in [0.15, 0.2) is 5.78 Å². The van der Waals surface area contributed by atoms with E-state index < -0.39 is 7.60 Å². The Bertz CT molecular complexity index is 767. The molecule has 0 aliphatic rings. The van der Waals surface area contributed by atoms with E-state index >= 15 is 0 Å². The molecule has 0 atom stereocenters. The van der Waals surface area contributed by atoms with Gasteiger partial charge in [-0.05, 0) is 30.3 Å². The second-order valence-corrected chi connectivity index (χ2v) is 7.71. The topological polar surface area (TPSA) is 61.8 Å². The van der Waals surface area contributed by atoms with Crippen LogP contribution in [0.5, 0.6) is 5.75 Å². The zero-order valence-electron chi connectivity index (χ0n) is 12.9. The third-order valence-electron chi connectivity index (χ3n) is 3.30. The molecule has 0 spiro atoms. The summed E-state index contributed by atoms with van der Waals surface area (Å²) in [4.78, 5) is 12.6. The zero-order valence-corrected chi connectivity index (χ0v) is 15.4. The minimum Gasteiger partial charge on any atom is -0.496 e. The molecule has 0 aromatic heterocycles. The van der Waals surface area contributed by atoms with Crippen molar-refractivity contribution < 1.29 is 23.1 Å². The highest BCUT2D eigenvalue weighted by Gasteiger charge is 2.29. The Morgan fingerprint density at radius 2 is 1.65 bits per heavy atom. The van der Waals surface area contributed by atoms with Crippen molar-refractivity contribution in [2.75, 3.05) is 21.3 Å². The minimum atomic E-state index is -3.46. The Hall–Kier alpha value is -1.46. The fraction of sp³-hybridized carbons (Fsp3) is 0.188. The van der Waals surface area contributed by atoms with Crippen molar-refractivity contribution in [2.24, 2.45) is 0 Å². The fourth-order valence-corrected chi connectivity index (χ4v) is 3.74. The summed E-state index contributed by atoms with van der Waals surface area (Å²) in [6.07, 6.45) is 0. The van der Waals surface area contributed by atoms with Crippen LogP contribution >= 0.6 is 23.5 Å². The van der Waals surface area contributed by atoms with Crippen molar-refractivity contribution in [2.45, 2.75) is 0 Å². The van der Waals surface area contributed by atoms with Gasteiger partial charge in [-0.1, -0.05) is 28.1 Å². The van der Waals surface area contributed by atoms with Gasteiger partial charge in [0.05, 0.1) is 7.11 Å². The second-order valence-electron chi connectivity index (χ2n) is 4.59. The number of hydrogen-bond acceptors (Lipinski definition) is 5. The average Bonchev–Trinajstić information content (AvgIpc) is 2.59. The molecule has 2 rings (SSSR count). The third-order valence-corrected chi connectivity index (χ3v) is 5.72. The van der Waals surface area contributed by atoms with E-state index in [1.165, 1.54) is 33.5 Å². The van der Waals surface area contributed by atoms with Gasteiger partial charge in [-0.25, -0.2) is 0 Å². The van der Waals surface area contributed by atoms with Gasteiger partial charge in [0.1, 0.15) is 11.1 Å². The smallest absolute Gasteiger partial charge is 0.364 e. The average molecular weight is 399 g/mol. The van der Waals surface area contributed by atoms with Crippen LogP contribution in [0.1, 0.15) is 15.9 Å². The first-order valence-electron chi connectivity index (χ1n) is 6.65. The summed E-state index contributed by atoms with van der Waals surface area (Å²) in [6, 6.07) is 11.7. The van der Waals surface area contributed by atoms with Crippen LogP contribution in [-0.4, -0.2) is 27.1 Å². The Balaban J connectivity index is 2.47. The first-order valence-corrected chi connectivity index (χ1v) is 8.99. The van der Waals surface area contributed by atoms with Gasteiger partial charge >= 0.3 is 7.60 Å². The fourth-order valence-electron chi connectivity index (χ4n) is 2.11. The maximum atomic E-state index is 12.6. The molecule has 0 unspecified atom stereocenters. The molecule has 0 fully saturated rings. The SMILES string of the molecule is COc1cc(C(=O)c2cccc(Br)c2)ccc1P(=O)(OC)OC. The van der Waals surface area contributed by atoms with Crippen LogP contribution in [-0.2, 0) is 13.6 Å². The Morgan fingerprint density at radius 1 is 1.00 bits per heavy atom. The van der Waals surface area contributed by atoms with Gasteiger partial charge in [-0.2, -0.15) is 0 Å². The lowest BCUT2D eigenvalue weighted by Gasteiger charge is -2.17. The van der Waals surface area contributed by atoms with Crippen LogP contribution in [0, 0.1) is 0 Å². The third kappa shape index (κ3) is 3.72. The highest BCUT2D eigenvalue weighted by Crippen LogP contribution is 2.47. The monoisotopic (exact) mass is 398 g/mol. The highest BCUT2D eigenvalue weighted by molar-refractivity contribution is 9.10. The molecule has 0 heterocycles. The number of hydrogen-bond donors (Lipinski definition) is 0. The van der Waals surface area contributed by atoms with Crippen LogP contribution in [0.4, 0.5) is 0 Å². The molecule has 0 aliphatic carbocycles. The van der Waals surface area contributed by atoms with Gasteiger partial charge < -0.3 is 13.8 Å². The largest absolute Gasteiger partial charge is 0.496 e. The van der Waals surface area contributed by atoms with Gasteiger partial charge in [0, 0.05) is 29.8 Å². The predicted molar refractivity (Wildman–Crippen MR) is 91.8 cm³/mol. The quantitative estimate of drug-likeness (QED) is 0.546. The summed E-state index contributed by atoms with van der Waals surface area (Å²) < 4.78 is 28.5. The number of ketones is 1. The second kappa shape index (κ2) is 7.41. The van der Waals surface area contributed by atoms with Gasteiger partial charge in [0.25, 0.3) is 0 Å². The maximum Gasteiger partial charge on any atom is 0.364 e. The van der Waals surface area contributed by atoms with Crippen LogP contribution in [0.15, 0.2) is 46.9 Å². The molecule has 2 aromatic carbocycles. The number of methoxy groups -OCH3 is 1. The summed E-state index contributed by atoms with van der Waals surface area (Å²) in [5, 5.41) is 0.274. The van der Waals surface area contributed by atoms with E-state index in [-0.39, 0.29) is 16.8 Å². The molecular weight excluding hydrogens is 383 g/mol. The molecule has 0 saturated heterocycles. The zero-order chi connectivity index (χ0) is 17.0. The lowest BCUT2D eigenvalue weighted by molar-refractivity contribution is 0.103. The molecule has 0 N–H and O–H groups in total. The van der Waals surface area contributed by atoms with Crippen molar-refractivity contribution in [3.63, 3.8) is 0 Å². The van der Waals surface area contributed by atoms with Gasteiger partial charge in [-0.3, -0.25) is 9.36 Å². The molecule has 0 radical (unpaired) electrons. The molecule has 7 heteroatoms. The Kier molecular flexibility index (Phi) is 5.76. The number of carbonyl (C=O) groups excluding carboxylic acids is 1. The number of ether oxygens (including phenoxy) is 1. The molecule has 0 aliphatic heterocycles. The van der Waals surface area contributed by atoms with E-state index in [4.69, 9.17) is 13.8 Å². The van der Waals surface area contributed by atoms with Gasteiger partial charge in [-0.15, -0.1) is 0 Å². The molecule has 0 bridgehead atoms. The van der Waals surface area contributed by atoms with E-state index in [0.717, 1.165) is 4.47 Å². The minimum absolute atomic E-state index is 0.166. The summed E-state index contributed by atoms with van der Waals surface area (Å²) in [6.45, 7) is 0. The normalized spacial score (nSPS) is 11.3. The molecule has 122 valence electrons. The van der Waals surface area contributed by atoms with Gasteiger partial charge in [0.2, 0.25) is 0 Å². The summed E-state index contributed by atoms with van der Waals surface area (Å²) in [5.41, 5.74) is 0.957. The first-order chi connectivity index (χ1) is 10.9. The molecule has 23 heavy (non-hydrogen) atoms. The van der Waals surface area contributed by atoms with E-state index in [1.54, 1.807) is 24.3 Å². The van der Waals surface area contributed by atoms with Crippen LogP contribution in [0.3, 0.4) is 0 Å². The first kappa shape index (κ1) is 17.9. The van der Waals surface area contributed by atoms with Crippen LogP contribution in [0.2, 0.25) is 0 Å². The molecule has 2 aromatic rings. The lowest BCUT2D eigenvalue weighted by atomic mass is 10.0. The van der Waals surface area contributed by atoms with E-state index in [9.17, 15) is 9.36 Å². The standard InChI is InChI=1S/C16H16BrO5P/c1-20-14-10-12(7-8-15(14)23(19,21-2)22-3)16(18)11-5-4-6-13(17)9-11/h4-10H,1-3H3. The van der Waals surface area contributed by atoms with E-state index in [2.05, 4.69) is 15.9 Å². The van der Waals surface area contributed by atoms with Crippen molar-refractivity contribution in [3.05, 3.63) is 58.1 Å². The predicted octanol–water partition coefficient (Wildman–Crippen LogP) is 3.80. The molecule has 0 amide bonds. The van der Waals surface area contributed by atoms with Crippen molar-refractivity contribution in [1.29, 1.82) is 0 Å². The van der Waals surface area contributed by atoms with Crippen molar-refractivity contribution in [1.82, 2.24) is 0 Å². The summed E-state index contributed by atoms with van der Waals surface area (Å²) in [5.74, 6) is 0.110. The molecule has 5 nitrogen and oxygen atoms in total. The van der Waals surface area contributed by atoms with Crippen molar-refractivity contribution >= 4 is 34.6 Å². The van der Waals surface area contributed by atoms with Crippen LogP contribution < -0.4 is 10.0 Å². The number of halogens is 1. The van der Waals surface area contributed by atoms with E-state index in [0.29, 0.717) is 11.1 Å². The Labute approximate surface area is 143 Å². The number of carbonyl (C=O) groups is 1. The molecular formula is C16H16BrO5P.